The van der Waals surface area contributed by atoms with Gasteiger partial charge in [-0.15, -0.1) is 0 Å². The fourth-order valence-corrected chi connectivity index (χ4v) is 1.37. The van der Waals surface area contributed by atoms with E-state index in [0.29, 0.717) is 9.89 Å². The number of carbonyl (C=O) groups excluding carboxylic acids is 1. The minimum Gasteiger partial charge on any atom is -0.424 e. The molecule has 0 saturated heterocycles. The van der Waals surface area contributed by atoms with Crippen LogP contribution in [0.3, 0.4) is 0 Å². The number of carbonyl (C=O) groups is 1. The minimum atomic E-state index is -4.29. The molecule has 1 N–H and O–H groups in total. The fourth-order valence-electron chi connectivity index (χ4n) is 0.912. The van der Waals surface area contributed by atoms with Crippen molar-refractivity contribution in [2.45, 2.75) is 6.92 Å². The predicted molar refractivity (Wildman–Crippen MR) is 54.3 cm³/mol. The monoisotopic (exact) mass is 238 g/mol. The van der Waals surface area contributed by atoms with Crippen molar-refractivity contribution in [3.8, 4) is 0 Å². The molecule has 0 heterocycles. The molecule has 0 rings (SSSR count). The summed E-state index contributed by atoms with van der Waals surface area (Å²) < 4.78 is 34.8. The third-order valence-corrected chi connectivity index (χ3v) is 1.75. The second kappa shape index (κ2) is 4.73. The summed E-state index contributed by atoms with van der Waals surface area (Å²) in [6, 6.07) is 0. The largest absolute Gasteiger partial charge is 0.424 e. The van der Waals surface area contributed by atoms with Crippen molar-refractivity contribution < 1.29 is 27.0 Å². The van der Waals surface area contributed by atoms with E-state index < -0.39 is 16.1 Å². The van der Waals surface area contributed by atoms with Crippen molar-refractivity contribution in [3.63, 3.8) is 0 Å². The second-order valence-corrected chi connectivity index (χ2v) is 5.41. The van der Waals surface area contributed by atoms with E-state index in [2.05, 4.69) is 4.74 Å². The third kappa shape index (κ3) is 9.39. The molecule has 0 bridgehead atoms. The first-order valence-electron chi connectivity index (χ1n) is 4.16. The highest BCUT2D eigenvalue weighted by Gasteiger charge is 2.17. The van der Waals surface area contributed by atoms with Gasteiger partial charge in [-0.25, -0.2) is 0 Å². The topological polar surface area (TPSA) is 80.7 Å². The maximum absolute atomic E-state index is 10.7. The van der Waals surface area contributed by atoms with Gasteiger partial charge in [-0.2, -0.15) is 8.42 Å². The van der Waals surface area contributed by atoms with Crippen LogP contribution in [0, 0.1) is 0 Å². The Bertz CT molecular complexity index is 363. The quantitative estimate of drug-likeness (QED) is 0.322. The summed E-state index contributed by atoms with van der Waals surface area (Å²) in [5.41, 5.74) is 0. The molecule has 7 heteroatoms. The van der Waals surface area contributed by atoms with Crippen LogP contribution in [0.4, 0.5) is 0 Å². The summed E-state index contributed by atoms with van der Waals surface area (Å²) >= 11 is 0. The molecule has 15 heavy (non-hydrogen) atoms. The van der Waals surface area contributed by atoms with Crippen LogP contribution in [-0.4, -0.2) is 51.1 Å². The second-order valence-electron chi connectivity index (χ2n) is 4.14. The van der Waals surface area contributed by atoms with Gasteiger partial charge in [-0.1, -0.05) is 0 Å². The normalized spacial score (nSPS) is 13.8. The Morgan fingerprint density at radius 3 is 2.13 bits per heavy atom. The van der Waals surface area contributed by atoms with Gasteiger partial charge < -0.3 is 9.22 Å². The van der Waals surface area contributed by atoms with Gasteiger partial charge in [-0.05, 0) is 0 Å². The predicted octanol–water partition coefficient (Wildman–Crippen LogP) is -0.0151. The van der Waals surface area contributed by atoms with E-state index in [9.17, 15) is 13.2 Å². The van der Waals surface area contributed by atoms with E-state index in [1.54, 1.807) is 21.1 Å². The van der Waals surface area contributed by atoms with Crippen LogP contribution in [0.15, 0.2) is 11.2 Å². The van der Waals surface area contributed by atoms with Crippen molar-refractivity contribution in [3.05, 3.63) is 11.2 Å². The van der Waals surface area contributed by atoms with Gasteiger partial charge in [0.05, 0.1) is 21.1 Å². The van der Waals surface area contributed by atoms with Crippen LogP contribution < -0.4 is 0 Å². The molecular weight excluding hydrogens is 222 g/mol. The summed E-state index contributed by atoms with van der Waals surface area (Å²) in [5.74, 6) is -0.712. The number of rotatable bonds is 4. The van der Waals surface area contributed by atoms with Crippen LogP contribution in [0.5, 0.6) is 0 Å². The molecule has 0 atom stereocenters. The van der Waals surface area contributed by atoms with Crippen molar-refractivity contribution in [2.24, 2.45) is 0 Å². The van der Waals surface area contributed by atoms with Gasteiger partial charge in [0.1, 0.15) is 12.0 Å². The molecule has 0 aliphatic rings. The van der Waals surface area contributed by atoms with Gasteiger partial charge in [0.25, 0.3) is 10.1 Å². The number of likely N-dealkylation sites (N-methyl/N-ethyl adjacent to an activating group) is 1. The standard InChI is InChI=1S/C8H15NO5S/c1-7(10)14-8(5-9(2,3)4)6-15(11,12)13/h6H,5H2,1-4H3/p+1/b8-6-. The number of hydrogen-bond acceptors (Lipinski definition) is 4. The van der Waals surface area contributed by atoms with Crippen LogP contribution in [0.1, 0.15) is 6.92 Å². The number of nitrogens with zero attached hydrogens (tertiary/aromatic N) is 1. The van der Waals surface area contributed by atoms with E-state index in [1.165, 1.54) is 0 Å². The van der Waals surface area contributed by atoms with E-state index in [0.717, 1.165) is 6.92 Å². The first-order chi connectivity index (χ1) is 6.49. The van der Waals surface area contributed by atoms with Crippen LogP contribution in [-0.2, 0) is 19.6 Å². The van der Waals surface area contributed by atoms with Crippen molar-refractivity contribution in [2.75, 3.05) is 27.7 Å². The van der Waals surface area contributed by atoms with E-state index >= 15 is 0 Å². The lowest BCUT2D eigenvalue weighted by atomic mass is 10.4. The zero-order valence-electron chi connectivity index (χ0n) is 9.22. The Labute approximate surface area is 89.5 Å². The Morgan fingerprint density at radius 1 is 1.40 bits per heavy atom. The van der Waals surface area contributed by atoms with Gasteiger partial charge in [-0.3, -0.25) is 9.35 Å². The van der Waals surface area contributed by atoms with Crippen LogP contribution in [0.2, 0.25) is 0 Å². The maximum atomic E-state index is 10.7. The zero-order chi connectivity index (χ0) is 12.3. The molecule has 0 saturated carbocycles. The van der Waals surface area contributed by atoms with Crippen molar-refractivity contribution in [1.29, 1.82) is 0 Å². The molecule has 0 spiro atoms. The lowest BCUT2D eigenvalue weighted by molar-refractivity contribution is -0.866. The SMILES string of the molecule is CC(=O)O/C(=C\S(=O)(=O)O)C[N+](C)(C)C. The van der Waals surface area contributed by atoms with Gasteiger partial charge in [0, 0.05) is 6.92 Å². The molecule has 0 aromatic heterocycles. The Kier molecular flexibility index (Phi) is 4.44. The molecule has 6 nitrogen and oxygen atoms in total. The molecule has 0 aliphatic heterocycles. The van der Waals surface area contributed by atoms with Crippen molar-refractivity contribution >= 4 is 16.1 Å². The van der Waals surface area contributed by atoms with E-state index in [4.69, 9.17) is 4.55 Å². The molecule has 0 aliphatic carbocycles. The molecule has 0 fully saturated rings. The number of ether oxygens (including phenoxy) is 1. The molecule has 0 aromatic rings. The molecule has 0 amide bonds. The van der Waals surface area contributed by atoms with Crippen LogP contribution >= 0.6 is 0 Å². The summed E-state index contributed by atoms with van der Waals surface area (Å²) in [6.45, 7) is 1.34. The lowest BCUT2D eigenvalue weighted by Gasteiger charge is -2.24. The number of hydrogen-bond donors (Lipinski definition) is 1. The summed E-state index contributed by atoms with van der Waals surface area (Å²) in [7, 11) is 1.09. The van der Waals surface area contributed by atoms with E-state index in [1.807, 2.05) is 0 Å². The maximum Gasteiger partial charge on any atom is 0.307 e. The Morgan fingerprint density at radius 2 is 1.87 bits per heavy atom. The highest BCUT2D eigenvalue weighted by atomic mass is 32.2. The van der Waals surface area contributed by atoms with Gasteiger partial charge in [0.15, 0.2) is 5.76 Å². The smallest absolute Gasteiger partial charge is 0.307 e. The molecule has 0 unspecified atom stereocenters. The third-order valence-electron chi connectivity index (χ3n) is 1.19. The molecule has 0 aromatic carbocycles. The highest BCUT2D eigenvalue weighted by molar-refractivity contribution is 7.88. The summed E-state index contributed by atoms with van der Waals surface area (Å²) in [5, 5.41) is 0.540. The van der Waals surface area contributed by atoms with Crippen molar-refractivity contribution in [1.82, 2.24) is 0 Å². The lowest BCUT2D eigenvalue weighted by Crippen LogP contribution is -2.37. The number of esters is 1. The Balaban J connectivity index is 4.91. The average Bonchev–Trinajstić information content (AvgIpc) is 1.73. The zero-order valence-corrected chi connectivity index (χ0v) is 10.0. The molecule has 0 radical (unpaired) electrons. The van der Waals surface area contributed by atoms with Gasteiger partial charge >= 0.3 is 5.97 Å². The molecule has 88 valence electrons. The minimum absolute atomic E-state index is 0.0856. The first kappa shape index (κ1) is 14.1. The Hall–Kier alpha value is -0.920. The summed E-state index contributed by atoms with van der Waals surface area (Å²) in [6.07, 6.45) is 0. The first-order valence-corrected chi connectivity index (χ1v) is 5.67. The fraction of sp³-hybridized carbons (Fsp3) is 0.625. The average molecular weight is 238 g/mol. The van der Waals surface area contributed by atoms with Gasteiger partial charge in [0.2, 0.25) is 0 Å². The molecular formula is C8H16NO5S+. The van der Waals surface area contributed by atoms with E-state index in [-0.39, 0.29) is 12.3 Å². The van der Waals surface area contributed by atoms with Crippen LogP contribution in [0.25, 0.3) is 0 Å². The summed E-state index contributed by atoms with van der Waals surface area (Å²) in [4.78, 5) is 10.7. The number of quaternary nitrogens is 1. The highest BCUT2D eigenvalue weighted by Crippen LogP contribution is 2.06.